The van der Waals surface area contributed by atoms with Crippen LogP contribution in [0.1, 0.15) is 29.8 Å². The molecule has 24 heavy (non-hydrogen) atoms. The van der Waals surface area contributed by atoms with Gasteiger partial charge in [0.2, 0.25) is 0 Å². The summed E-state index contributed by atoms with van der Waals surface area (Å²) in [5.74, 6) is -0.330. The lowest BCUT2D eigenvalue weighted by atomic mass is 9.85. The average molecular weight is 330 g/mol. The van der Waals surface area contributed by atoms with Crippen molar-refractivity contribution in [2.45, 2.75) is 37.8 Å². The van der Waals surface area contributed by atoms with Crippen molar-refractivity contribution in [1.82, 2.24) is 9.97 Å². The molecule has 6 heteroatoms. The molecule has 0 unspecified atom stereocenters. The van der Waals surface area contributed by atoms with Crippen molar-refractivity contribution in [1.29, 1.82) is 0 Å². The molecule has 2 heterocycles. The van der Waals surface area contributed by atoms with Crippen LogP contribution in [0.3, 0.4) is 0 Å². The van der Waals surface area contributed by atoms with Crippen LogP contribution in [0.2, 0.25) is 0 Å². The summed E-state index contributed by atoms with van der Waals surface area (Å²) in [6, 6.07) is 7.64. The highest BCUT2D eigenvalue weighted by molar-refractivity contribution is 5.29. The zero-order chi connectivity index (χ0) is 17.1. The first-order chi connectivity index (χ1) is 11.6. The lowest BCUT2D eigenvalue weighted by molar-refractivity contribution is -0.207. The number of nitrogens with zero attached hydrogens (tertiary/aromatic N) is 2. The van der Waals surface area contributed by atoms with Crippen LogP contribution in [0.15, 0.2) is 42.9 Å². The van der Waals surface area contributed by atoms with Crippen molar-refractivity contribution in [3.63, 3.8) is 0 Å². The molecule has 0 amide bonds. The van der Waals surface area contributed by atoms with Crippen LogP contribution < -0.4 is 0 Å². The fourth-order valence-corrected chi connectivity index (χ4v) is 3.10. The number of aliphatic hydroxyl groups excluding tert-OH is 3. The van der Waals surface area contributed by atoms with Gasteiger partial charge in [0.1, 0.15) is 12.2 Å². The molecule has 0 bridgehead atoms. The Morgan fingerprint density at radius 2 is 2.00 bits per heavy atom. The Morgan fingerprint density at radius 3 is 2.71 bits per heavy atom. The third kappa shape index (κ3) is 3.47. The summed E-state index contributed by atoms with van der Waals surface area (Å²) in [5, 5.41) is 30.0. The summed E-state index contributed by atoms with van der Waals surface area (Å²) < 4.78 is 5.83. The van der Waals surface area contributed by atoms with Gasteiger partial charge in [-0.05, 0) is 11.1 Å². The van der Waals surface area contributed by atoms with Gasteiger partial charge in [-0.1, -0.05) is 31.2 Å². The molecule has 0 aliphatic carbocycles. The van der Waals surface area contributed by atoms with Gasteiger partial charge in [-0.3, -0.25) is 9.97 Å². The smallest absolute Gasteiger partial charge is 0.111 e. The SMILES string of the molecule is C[C@H]1[C@H](O)[C@@H](O)[C@H](c2cccc(Cc3cnccn3)c2)O[C@@H]1CO. The topological polar surface area (TPSA) is 95.7 Å². The number of aliphatic hydroxyl groups is 3. The highest BCUT2D eigenvalue weighted by atomic mass is 16.5. The Morgan fingerprint density at radius 1 is 1.17 bits per heavy atom. The second kappa shape index (κ2) is 7.36. The van der Waals surface area contributed by atoms with Gasteiger partial charge in [0, 0.05) is 30.9 Å². The monoisotopic (exact) mass is 330 g/mol. The average Bonchev–Trinajstić information content (AvgIpc) is 2.61. The Hall–Kier alpha value is -1.86. The number of benzene rings is 1. The van der Waals surface area contributed by atoms with E-state index in [0.29, 0.717) is 6.42 Å². The molecule has 6 nitrogen and oxygen atoms in total. The predicted octanol–water partition coefficient (Wildman–Crippen LogP) is 0.857. The standard InChI is InChI=1S/C18H22N2O4/c1-11-15(10-21)24-18(17(23)16(11)22)13-4-2-3-12(7-13)8-14-9-19-5-6-20-14/h2-7,9,11,15-18,21-23H,8,10H2,1H3/t11-,15-,16+,17-,18+/m1/s1. The third-order valence-electron chi connectivity index (χ3n) is 4.57. The maximum Gasteiger partial charge on any atom is 0.111 e. The van der Waals surface area contributed by atoms with E-state index in [4.69, 9.17) is 4.74 Å². The van der Waals surface area contributed by atoms with Gasteiger partial charge in [-0.25, -0.2) is 0 Å². The lowest BCUT2D eigenvalue weighted by Gasteiger charge is -2.41. The fraction of sp³-hybridized carbons (Fsp3) is 0.444. The molecule has 1 aliphatic heterocycles. The van der Waals surface area contributed by atoms with Crippen molar-refractivity contribution in [3.05, 3.63) is 59.7 Å². The Kier molecular flexibility index (Phi) is 5.20. The molecule has 1 aromatic heterocycles. The van der Waals surface area contributed by atoms with E-state index < -0.39 is 24.4 Å². The van der Waals surface area contributed by atoms with Crippen LogP contribution in [0.25, 0.3) is 0 Å². The Labute approximate surface area is 140 Å². The van der Waals surface area contributed by atoms with Gasteiger partial charge in [0.15, 0.2) is 0 Å². The van der Waals surface area contributed by atoms with Gasteiger partial charge >= 0.3 is 0 Å². The minimum absolute atomic E-state index is 0.194. The summed E-state index contributed by atoms with van der Waals surface area (Å²) in [4.78, 5) is 8.32. The molecule has 1 fully saturated rings. The van der Waals surface area contributed by atoms with Crippen LogP contribution >= 0.6 is 0 Å². The molecule has 1 aromatic carbocycles. The van der Waals surface area contributed by atoms with Gasteiger partial charge in [0.25, 0.3) is 0 Å². The molecule has 1 aliphatic rings. The third-order valence-corrected chi connectivity index (χ3v) is 4.57. The normalized spacial score (nSPS) is 30.2. The Balaban J connectivity index is 1.82. The largest absolute Gasteiger partial charge is 0.394 e. The van der Waals surface area contributed by atoms with Crippen molar-refractivity contribution in [2.24, 2.45) is 5.92 Å². The van der Waals surface area contributed by atoms with Crippen LogP contribution in [0, 0.1) is 5.92 Å². The Bertz CT molecular complexity index is 665. The van der Waals surface area contributed by atoms with Gasteiger partial charge in [-0.15, -0.1) is 0 Å². The van der Waals surface area contributed by atoms with E-state index in [9.17, 15) is 15.3 Å². The van der Waals surface area contributed by atoms with E-state index in [2.05, 4.69) is 9.97 Å². The van der Waals surface area contributed by atoms with Gasteiger partial charge in [-0.2, -0.15) is 0 Å². The van der Waals surface area contributed by atoms with E-state index in [1.54, 1.807) is 25.5 Å². The number of ether oxygens (including phenoxy) is 1. The number of aromatic nitrogens is 2. The van der Waals surface area contributed by atoms with E-state index in [1.807, 2.05) is 24.3 Å². The maximum absolute atomic E-state index is 10.4. The summed E-state index contributed by atoms with van der Waals surface area (Å²) in [5.41, 5.74) is 2.63. The fourth-order valence-electron chi connectivity index (χ4n) is 3.10. The molecule has 0 saturated carbocycles. The van der Waals surface area contributed by atoms with Crippen LogP contribution in [-0.2, 0) is 11.2 Å². The highest BCUT2D eigenvalue weighted by Crippen LogP contribution is 2.35. The maximum atomic E-state index is 10.4. The quantitative estimate of drug-likeness (QED) is 0.769. The number of rotatable bonds is 4. The van der Waals surface area contributed by atoms with Gasteiger partial charge < -0.3 is 20.1 Å². The summed E-state index contributed by atoms with van der Waals surface area (Å²) in [6.45, 7) is 1.57. The zero-order valence-electron chi connectivity index (χ0n) is 13.5. The van der Waals surface area contributed by atoms with Gasteiger partial charge in [0.05, 0.1) is 24.5 Å². The first-order valence-corrected chi connectivity index (χ1v) is 8.06. The molecule has 3 rings (SSSR count). The molecule has 3 N–H and O–H groups in total. The second-order valence-corrected chi connectivity index (χ2v) is 6.24. The summed E-state index contributed by atoms with van der Waals surface area (Å²) in [7, 11) is 0. The van der Waals surface area contributed by atoms with E-state index in [0.717, 1.165) is 16.8 Å². The predicted molar refractivity (Wildman–Crippen MR) is 87.2 cm³/mol. The summed E-state index contributed by atoms with van der Waals surface area (Å²) in [6.07, 6.45) is 2.46. The first kappa shape index (κ1) is 17.0. The van der Waals surface area contributed by atoms with E-state index >= 15 is 0 Å². The molecule has 0 spiro atoms. The number of hydrogen-bond donors (Lipinski definition) is 3. The molecular weight excluding hydrogens is 308 g/mol. The van der Waals surface area contributed by atoms with Crippen molar-refractivity contribution in [3.8, 4) is 0 Å². The van der Waals surface area contributed by atoms with Crippen molar-refractivity contribution >= 4 is 0 Å². The van der Waals surface area contributed by atoms with Crippen LogP contribution in [0.5, 0.6) is 0 Å². The minimum atomic E-state index is -1.03. The molecule has 128 valence electrons. The van der Waals surface area contributed by atoms with E-state index in [-0.39, 0.29) is 12.5 Å². The van der Waals surface area contributed by atoms with E-state index in [1.165, 1.54) is 0 Å². The first-order valence-electron chi connectivity index (χ1n) is 8.06. The van der Waals surface area contributed by atoms with Crippen LogP contribution in [0.4, 0.5) is 0 Å². The summed E-state index contributed by atoms with van der Waals surface area (Å²) >= 11 is 0. The van der Waals surface area contributed by atoms with Crippen LogP contribution in [-0.4, -0.2) is 50.2 Å². The molecule has 5 atom stereocenters. The molecule has 2 aromatic rings. The molecule has 1 saturated heterocycles. The molecular formula is C18H22N2O4. The molecule has 0 radical (unpaired) electrons. The van der Waals surface area contributed by atoms with Crippen molar-refractivity contribution < 1.29 is 20.1 Å². The van der Waals surface area contributed by atoms with Crippen molar-refractivity contribution in [2.75, 3.05) is 6.61 Å². The lowest BCUT2D eigenvalue weighted by Crippen LogP contribution is -2.50. The zero-order valence-corrected chi connectivity index (χ0v) is 13.5. The number of hydrogen-bond acceptors (Lipinski definition) is 6. The highest BCUT2D eigenvalue weighted by Gasteiger charge is 2.42. The minimum Gasteiger partial charge on any atom is -0.394 e. The second-order valence-electron chi connectivity index (χ2n) is 6.24.